The smallest absolute Gasteiger partial charge is 0.410 e. The SMILES string of the molecule is CCOC(=O)C1=C(CN2CC3(CCN(C(=O)OC(C)(C)C)C3)CC2=O)NC(c2nccs2)=NC1c1ccc(F)cc1Br. The van der Waals surface area contributed by atoms with Gasteiger partial charge in [-0.25, -0.2) is 19.0 Å². The molecule has 0 radical (unpaired) electrons. The summed E-state index contributed by atoms with van der Waals surface area (Å²) in [5, 5.41) is 5.68. The van der Waals surface area contributed by atoms with Gasteiger partial charge in [0, 0.05) is 53.2 Å². The van der Waals surface area contributed by atoms with Gasteiger partial charge in [0.2, 0.25) is 5.91 Å². The lowest BCUT2D eigenvalue weighted by molar-refractivity contribution is -0.139. The Morgan fingerprint density at radius 1 is 1.29 bits per heavy atom. The van der Waals surface area contributed by atoms with Crippen LogP contribution in [0.4, 0.5) is 9.18 Å². The first kappa shape index (κ1) is 30.1. The first-order valence-electron chi connectivity index (χ1n) is 13.7. The van der Waals surface area contributed by atoms with Crippen LogP contribution in [0.5, 0.6) is 0 Å². The lowest BCUT2D eigenvalue weighted by Gasteiger charge is -2.30. The summed E-state index contributed by atoms with van der Waals surface area (Å²) in [5.74, 6) is -0.652. The molecule has 13 heteroatoms. The fourth-order valence-electron chi connectivity index (χ4n) is 5.57. The first-order valence-corrected chi connectivity index (χ1v) is 15.4. The van der Waals surface area contributed by atoms with Gasteiger partial charge >= 0.3 is 12.1 Å². The predicted molar refractivity (Wildman–Crippen MR) is 158 cm³/mol. The third kappa shape index (κ3) is 6.36. The number of hydrogen-bond acceptors (Lipinski definition) is 9. The van der Waals surface area contributed by atoms with E-state index in [9.17, 15) is 18.8 Å². The minimum Gasteiger partial charge on any atom is -0.463 e. The number of nitrogens with zero attached hydrogens (tertiary/aromatic N) is 4. The summed E-state index contributed by atoms with van der Waals surface area (Å²) >= 11 is 4.81. The quantitative estimate of drug-likeness (QED) is 0.442. The summed E-state index contributed by atoms with van der Waals surface area (Å²) < 4.78 is 25.5. The maximum absolute atomic E-state index is 14.0. The molecule has 2 saturated heterocycles. The van der Waals surface area contributed by atoms with Crippen LogP contribution < -0.4 is 5.32 Å². The number of benzene rings is 1. The van der Waals surface area contributed by atoms with Gasteiger partial charge in [0.25, 0.3) is 0 Å². The van der Waals surface area contributed by atoms with Crippen molar-refractivity contribution in [2.45, 2.75) is 52.2 Å². The number of amides is 2. The molecule has 1 aromatic heterocycles. The van der Waals surface area contributed by atoms with Crippen LogP contribution in [0.15, 0.2) is 50.5 Å². The summed E-state index contributed by atoms with van der Waals surface area (Å²) in [6.07, 6.45) is 2.22. The Kier molecular flexibility index (Phi) is 8.44. The van der Waals surface area contributed by atoms with Gasteiger partial charge in [0.05, 0.1) is 18.7 Å². The lowest BCUT2D eigenvalue weighted by Crippen LogP contribution is -2.41. The molecular formula is C29H33BrFN5O5S. The molecule has 4 heterocycles. The van der Waals surface area contributed by atoms with Crippen molar-refractivity contribution < 1.29 is 28.2 Å². The Morgan fingerprint density at radius 3 is 2.74 bits per heavy atom. The number of likely N-dealkylation sites (tertiary alicyclic amines) is 2. The van der Waals surface area contributed by atoms with Crippen LogP contribution in [0.2, 0.25) is 0 Å². The van der Waals surface area contributed by atoms with Crippen LogP contribution in [-0.2, 0) is 19.1 Å². The number of halogens is 2. The highest BCUT2D eigenvalue weighted by molar-refractivity contribution is 9.10. The monoisotopic (exact) mass is 661 g/mol. The number of rotatable bonds is 6. The molecule has 1 spiro atoms. The van der Waals surface area contributed by atoms with Gasteiger partial charge in [-0.05, 0) is 51.8 Å². The predicted octanol–water partition coefficient (Wildman–Crippen LogP) is 4.81. The van der Waals surface area contributed by atoms with Crippen molar-refractivity contribution >= 4 is 51.1 Å². The summed E-state index contributed by atoms with van der Waals surface area (Å²) in [4.78, 5) is 52.2. The second-order valence-corrected chi connectivity index (χ2v) is 13.4. The number of amidine groups is 1. The standard InChI is InChI=1S/C29H33BrFN5O5S/c1-5-40-26(38)22-20(14-36-16-29(13-21(36)37)8-10-35(15-29)27(39)41-28(2,3)4)33-24(25-32-9-11-42-25)34-23(22)18-7-6-17(31)12-19(18)30/h6-7,9,11-12,23H,5,8,10,13-16H2,1-4H3,(H,33,34). The minimum absolute atomic E-state index is 0.0728. The normalized spacial score (nSPS) is 22.5. The van der Waals surface area contributed by atoms with Crippen LogP contribution in [-0.4, -0.2) is 77.0 Å². The molecule has 0 saturated carbocycles. The van der Waals surface area contributed by atoms with Crippen molar-refractivity contribution in [3.63, 3.8) is 0 Å². The first-order chi connectivity index (χ1) is 19.9. The number of nitrogens with one attached hydrogen (secondary N) is 1. The van der Waals surface area contributed by atoms with E-state index in [1.165, 1.54) is 23.5 Å². The summed E-state index contributed by atoms with van der Waals surface area (Å²) in [6.45, 7) is 8.76. The number of carbonyl (C=O) groups is 3. The van der Waals surface area contributed by atoms with Crippen molar-refractivity contribution in [3.8, 4) is 0 Å². The maximum atomic E-state index is 14.0. The van der Waals surface area contributed by atoms with E-state index in [-0.39, 0.29) is 37.1 Å². The lowest BCUT2D eigenvalue weighted by atomic mass is 9.86. The van der Waals surface area contributed by atoms with Crippen LogP contribution in [0.1, 0.15) is 57.1 Å². The molecule has 1 N–H and O–H groups in total. The van der Waals surface area contributed by atoms with E-state index < -0.39 is 28.8 Å². The number of esters is 1. The molecule has 5 rings (SSSR count). The molecule has 2 unspecified atom stereocenters. The largest absolute Gasteiger partial charge is 0.463 e. The number of thiazole rings is 1. The Balaban J connectivity index is 1.47. The van der Waals surface area contributed by atoms with Gasteiger partial charge in [-0.1, -0.05) is 22.0 Å². The topological polar surface area (TPSA) is 113 Å². The summed E-state index contributed by atoms with van der Waals surface area (Å²) in [6, 6.07) is 3.38. The molecule has 224 valence electrons. The second kappa shape index (κ2) is 11.8. The van der Waals surface area contributed by atoms with E-state index in [0.717, 1.165) is 0 Å². The van der Waals surface area contributed by atoms with E-state index >= 15 is 0 Å². The molecule has 42 heavy (non-hydrogen) atoms. The maximum Gasteiger partial charge on any atom is 0.410 e. The van der Waals surface area contributed by atoms with E-state index in [1.807, 2.05) is 26.2 Å². The zero-order valence-electron chi connectivity index (χ0n) is 23.9. The van der Waals surface area contributed by atoms with Gasteiger partial charge in [-0.15, -0.1) is 11.3 Å². The Bertz CT molecular complexity index is 1460. The van der Waals surface area contributed by atoms with Crippen molar-refractivity contribution in [2.24, 2.45) is 10.4 Å². The van der Waals surface area contributed by atoms with Crippen molar-refractivity contribution in [2.75, 3.05) is 32.8 Å². The molecule has 3 aliphatic rings. The van der Waals surface area contributed by atoms with E-state index in [4.69, 9.17) is 14.5 Å². The fraction of sp³-hybridized carbons (Fsp3) is 0.483. The molecule has 2 atom stereocenters. The van der Waals surface area contributed by atoms with Crippen LogP contribution in [0.25, 0.3) is 0 Å². The number of hydrogen-bond donors (Lipinski definition) is 1. The molecule has 0 aliphatic carbocycles. The highest BCUT2D eigenvalue weighted by atomic mass is 79.9. The number of carbonyl (C=O) groups excluding carboxylic acids is 3. The third-order valence-electron chi connectivity index (χ3n) is 7.36. The molecule has 0 bridgehead atoms. The van der Waals surface area contributed by atoms with Crippen LogP contribution in [0, 0.1) is 11.2 Å². The fourth-order valence-corrected chi connectivity index (χ4v) is 6.73. The van der Waals surface area contributed by atoms with Crippen LogP contribution in [0.3, 0.4) is 0 Å². The molecule has 2 fully saturated rings. The van der Waals surface area contributed by atoms with Gasteiger partial charge in [-0.3, -0.25) is 9.79 Å². The third-order valence-corrected chi connectivity index (χ3v) is 8.82. The highest BCUT2D eigenvalue weighted by Crippen LogP contribution is 2.42. The van der Waals surface area contributed by atoms with E-state index in [0.29, 0.717) is 52.6 Å². The van der Waals surface area contributed by atoms with Crippen LogP contribution >= 0.6 is 27.3 Å². The minimum atomic E-state index is -0.838. The van der Waals surface area contributed by atoms with Crippen molar-refractivity contribution in [1.82, 2.24) is 20.1 Å². The number of ether oxygens (including phenoxy) is 2. The molecule has 1 aromatic carbocycles. The van der Waals surface area contributed by atoms with E-state index in [1.54, 1.807) is 29.0 Å². The Labute approximate surface area is 256 Å². The van der Waals surface area contributed by atoms with Crippen molar-refractivity contribution in [3.05, 3.63) is 61.9 Å². The van der Waals surface area contributed by atoms with Gasteiger partial charge in [0.15, 0.2) is 10.8 Å². The molecule has 2 amide bonds. The van der Waals surface area contributed by atoms with Gasteiger partial charge in [0.1, 0.15) is 17.5 Å². The van der Waals surface area contributed by atoms with Gasteiger partial charge < -0.3 is 24.6 Å². The molecule has 10 nitrogen and oxygen atoms in total. The number of aromatic nitrogens is 1. The highest BCUT2D eigenvalue weighted by Gasteiger charge is 2.49. The molecule has 2 aromatic rings. The average molecular weight is 663 g/mol. The average Bonchev–Trinajstić information content (AvgIpc) is 3.64. The van der Waals surface area contributed by atoms with Crippen molar-refractivity contribution in [1.29, 1.82) is 0 Å². The number of aliphatic imine (C=N–C) groups is 1. The Hall–Kier alpha value is -3.32. The second-order valence-electron chi connectivity index (χ2n) is 11.7. The molecular weight excluding hydrogens is 629 g/mol. The van der Waals surface area contributed by atoms with E-state index in [2.05, 4.69) is 26.2 Å². The zero-order valence-corrected chi connectivity index (χ0v) is 26.3. The summed E-state index contributed by atoms with van der Waals surface area (Å²) in [5.41, 5.74) is 0.251. The Morgan fingerprint density at radius 2 is 2.07 bits per heavy atom. The zero-order chi connectivity index (χ0) is 30.2. The summed E-state index contributed by atoms with van der Waals surface area (Å²) in [7, 11) is 0. The molecule has 3 aliphatic heterocycles. The van der Waals surface area contributed by atoms with Gasteiger partial charge in [-0.2, -0.15) is 0 Å².